The van der Waals surface area contributed by atoms with Crippen LogP contribution in [-0.4, -0.2) is 28.6 Å². The fourth-order valence-corrected chi connectivity index (χ4v) is 4.04. The topological polar surface area (TPSA) is 70.4 Å². The van der Waals surface area contributed by atoms with Gasteiger partial charge < -0.3 is 8.92 Å². The Morgan fingerprint density at radius 3 is 2.36 bits per heavy atom. The number of rotatable bonds is 9. The monoisotopic (exact) mass is 466 g/mol. The number of ketones is 1. The molecule has 0 saturated carbocycles. The summed E-state index contributed by atoms with van der Waals surface area (Å²) >= 11 is 3.81. The lowest BCUT2D eigenvalue weighted by Crippen LogP contribution is -2.52. The van der Waals surface area contributed by atoms with Gasteiger partial charge >= 0.3 is 5.97 Å². The molecule has 0 spiro atoms. The summed E-state index contributed by atoms with van der Waals surface area (Å²) in [4.78, 5) is 27.4. The lowest BCUT2D eigenvalue weighted by atomic mass is 9.66. The maximum atomic E-state index is 14.0. The average molecular weight is 467 g/mol. The van der Waals surface area contributed by atoms with E-state index in [1.54, 1.807) is 36.2 Å². The van der Waals surface area contributed by atoms with Crippen molar-refractivity contribution in [3.8, 4) is 11.4 Å². The van der Waals surface area contributed by atoms with Crippen LogP contribution >= 0.6 is 12.9 Å². The molecule has 33 heavy (non-hydrogen) atoms. The van der Waals surface area contributed by atoms with Gasteiger partial charge in [-0.3, -0.25) is 4.79 Å². The van der Waals surface area contributed by atoms with E-state index in [4.69, 9.17) is 14.0 Å². The Bertz CT molecular complexity index is 1140. The van der Waals surface area contributed by atoms with Gasteiger partial charge in [-0.15, -0.1) is 0 Å². The zero-order chi connectivity index (χ0) is 24.2. The van der Waals surface area contributed by atoms with Crippen LogP contribution in [0.5, 0.6) is 5.75 Å². The summed E-state index contributed by atoms with van der Waals surface area (Å²) in [6, 6.07) is 16.8. The predicted octanol–water partition coefficient (Wildman–Crippen LogP) is 5.06. The van der Waals surface area contributed by atoms with E-state index in [0.29, 0.717) is 17.9 Å². The lowest BCUT2D eigenvalue weighted by Gasteiger charge is -2.35. The van der Waals surface area contributed by atoms with Gasteiger partial charge in [-0.2, -0.15) is 5.10 Å². The molecule has 2 aromatic carbocycles. The molecule has 0 fully saturated rings. The van der Waals surface area contributed by atoms with Crippen molar-refractivity contribution in [3.05, 3.63) is 77.6 Å². The maximum absolute atomic E-state index is 14.0. The number of hydrogen-bond donors (Lipinski definition) is 1. The molecular weight excluding hydrogens is 436 g/mol. The van der Waals surface area contributed by atoms with Gasteiger partial charge in [0.15, 0.2) is 11.2 Å². The van der Waals surface area contributed by atoms with Crippen molar-refractivity contribution in [1.82, 2.24) is 9.78 Å². The Hall–Kier alpha value is -3.06. The number of hydrogen-bond acceptors (Lipinski definition) is 6. The predicted molar refractivity (Wildman–Crippen MR) is 131 cm³/mol. The fourth-order valence-electron chi connectivity index (χ4n) is 3.89. The molecule has 0 aliphatic heterocycles. The van der Waals surface area contributed by atoms with Crippen molar-refractivity contribution >= 4 is 24.7 Å². The summed E-state index contributed by atoms with van der Waals surface area (Å²) in [5.74, 6) is -0.324. The molecule has 1 aromatic heterocycles. The summed E-state index contributed by atoms with van der Waals surface area (Å²) < 4.78 is 11.9. The van der Waals surface area contributed by atoms with Crippen LogP contribution in [0.4, 0.5) is 0 Å². The molecular formula is C26H30N2O4S. The van der Waals surface area contributed by atoms with Gasteiger partial charge in [0.1, 0.15) is 5.75 Å². The highest BCUT2D eigenvalue weighted by Gasteiger charge is 2.55. The Labute approximate surface area is 200 Å². The number of aromatic nitrogens is 2. The van der Waals surface area contributed by atoms with Crippen molar-refractivity contribution in [2.24, 2.45) is 5.41 Å². The van der Waals surface area contributed by atoms with Crippen LogP contribution in [0.15, 0.2) is 60.8 Å². The highest BCUT2D eigenvalue weighted by atomic mass is 32.1. The second-order valence-electron chi connectivity index (χ2n) is 8.86. The largest absolute Gasteiger partial charge is 0.497 e. The molecule has 0 amide bonds. The van der Waals surface area contributed by atoms with Gasteiger partial charge in [-0.05, 0) is 54.8 Å². The van der Waals surface area contributed by atoms with Gasteiger partial charge in [0.05, 0.1) is 18.5 Å². The van der Waals surface area contributed by atoms with Crippen LogP contribution in [0.3, 0.4) is 0 Å². The first kappa shape index (κ1) is 24.6. The Balaban J connectivity index is 2.20. The van der Waals surface area contributed by atoms with Crippen molar-refractivity contribution in [2.45, 2.75) is 46.0 Å². The third kappa shape index (κ3) is 4.83. The van der Waals surface area contributed by atoms with Crippen molar-refractivity contribution in [2.75, 3.05) is 7.11 Å². The third-order valence-electron chi connectivity index (χ3n) is 6.24. The Morgan fingerprint density at radius 2 is 1.79 bits per heavy atom. The van der Waals surface area contributed by atoms with Crippen molar-refractivity contribution in [1.29, 1.82) is 0 Å². The molecule has 6 nitrogen and oxygen atoms in total. The zero-order valence-corrected chi connectivity index (χ0v) is 20.6. The molecule has 0 radical (unpaired) electrons. The summed E-state index contributed by atoms with van der Waals surface area (Å²) in [5, 5.41) is 4.70. The number of nitrogens with zero attached hydrogens (tertiary/aromatic N) is 2. The molecule has 0 aliphatic rings. The zero-order valence-electron chi connectivity index (χ0n) is 19.7. The molecule has 0 saturated heterocycles. The number of thiol groups is 1. The highest BCUT2D eigenvalue weighted by Crippen LogP contribution is 2.39. The van der Waals surface area contributed by atoms with E-state index in [2.05, 4.69) is 12.9 Å². The maximum Gasteiger partial charge on any atom is 0.338 e. The minimum atomic E-state index is -1.66. The molecule has 3 rings (SSSR count). The number of Topliss-reactive ketones (excluding diaryl/α,β-unsaturated/α-hetero) is 1. The number of carbonyl (C=O) groups is 2. The van der Waals surface area contributed by atoms with Gasteiger partial charge in [-0.25, -0.2) is 9.48 Å². The SMILES string of the molecule is CCC(C)(C)C(=O)C(Cc1ccc(OC)cc1)(C(=O)OS)c1ccn(-c2cccc(C)c2)n1. The van der Waals surface area contributed by atoms with Crippen LogP contribution in [0.2, 0.25) is 0 Å². The molecule has 0 aliphatic carbocycles. The number of methoxy groups -OCH3 is 1. The minimum Gasteiger partial charge on any atom is -0.497 e. The number of benzene rings is 2. The summed E-state index contributed by atoms with van der Waals surface area (Å²) in [7, 11) is 1.59. The molecule has 0 N–H and O–H groups in total. The van der Waals surface area contributed by atoms with Crippen LogP contribution in [0.1, 0.15) is 44.0 Å². The van der Waals surface area contributed by atoms with E-state index in [9.17, 15) is 9.59 Å². The Kier molecular flexibility index (Phi) is 7.32. The van der Waals surface area contributed by atoms with E-state index in [-0.39, 0.29) is 12.2 Å². The van der Waals surface area contributed by atoms with Crippen LogP contribution in [0.25, 0.3) is 5.69 Å². The molecule has 1 heterocycles. The van der Waals surface area contributed by atoms with Gasteiger partial charge in [-0.1, -0.05) is 45.0 Å². The van der Waals surface area contributed by atoms with Crippen LogP contribution in [-0.2, 0) is 25.6 Å². The highest BCUT2D eigenvalue weighted by molar-refractivity contribution is 7.75. The Morgan fingerprint density at radius 1 is 1.09 bits per heavy atom. The third-order valence-corrected chi connectivity index (χ3v) is 6.40. The second kappa shape index (κ2) is 9.83. The lowest BCUT2D eigenvalue weighted by molar-refractivity contribution is -0.149. The molecule has 7 heteroatoms. The van der Waals surface area contributed by atoms with Crippen molar-refractivity contribution in [3.63, 3.8) is 0 Å². The quantitative estimate of drug-likeness (QED) is 0.271. The average Bonchev–Trinajstić information content (AvgIpc) is 3.32. The van der Waals surface area contributed by atoms with E-state index in [1.165, 1.54) is 0 Å². The minimum absolute atomic E-state index is 0.0868. The van der Waals surface area contributed by atoms with E-state index in [1.807, 2.05) is 64.1 Å². The summed E-state index contributed by atoms with van der Waals surface area (Å²) in [5.41, 5.74) is 0.560. The normalized spacial score (nSPS) is 13.3. The van der Waals surface area contributed by atoms with E-state index in [0.717, 1.165) is 16.8 Å². The standard InChI is InChI=1S/C26H30N2O4S/c1-6-25(3,4)23(29)26(24(30)32-33,17-19-10-12-21(31-5)13-11-19)22-14-15-28(27-22)20-9-7-8-18(2)16-20/h7-16,33H,6,17H2,1-5H3. The van der Waals surface area contributed by atoms with Gasteiger partial charge in [0.25, 0.3) is 0 Å². The smallest absolute Gasteiger partial charge is 0.338 e. The van der Waals surface area contributed by atoms with Crippen LogP contribution in [0, 0.1) is 12.3 Å². The first-order chi connectivity index (χ1) is 15.7. The van der Waals surface area contributed by atoms with Crippen molar-refractivity contribution < 1.29 is 18.5 Å². The van der Waals surface area contributed by atoms with Crippen LogP contribution < -0.4 is 4.74 Å². The first-order valence-electron chi connectivity index (χ1n) is 10.8. The molecule has 174 valence electrons. The molecule has 1 unspecified atom stereocenters. The van der Waals surface area contributed by atoms with E-state index >= 15 is 0 Å². The molecule has 1 atom stereocenters. The number of ether oxygens (including phenoxy) is 1. The number of carbonyl (C=O) groups excluding carboxylic acids is 2. The summed E-state index contributed by atoms with van der Waals surface area (Å²) in [6.45, 7) is 7.59. The molecule has 3 aromatic rings. The second-order valence-corrected chi connectivity index (χ2v) is 9.04. The first-order valence-corrected chi connectivity index (χ1v) is 11.2. The summed E-state index contributed by atoms with van der Waals surface area (Å²) in [6.07, 6.45) is 2.39. The fraction of sp³-hybridized carbons (Fsp3) is 0.346. The van der Waals surface area contributed by atoms with E-state index < -0.39 is 16.8 Å². The van der Waals surface area contributed by atoms with Gasteiger partial charge in [0.2, 0.25) is 0 Å². The number of aryl methyl sites for hydroxylation is 1. The van der Waals surface area contributed by atoms with Gasteiger partial charge in [0, 0.05) is 30.9 Å². The molecule has 0 bridgehead atoms.